The van der Waals surface area contributed by atoms with Crippen molar-refractivity contribution in [2.45, 2.75) is 18.9 Å². The Morgan fingerprint density at radius 2 is 2.43 bits per heavy atom. The Bertz CT molecular complexity index is 187. The Balaban J connectivity index is 2.31. The van der Waals surface area contributed by atoms with E-state index in [0.717, 1.165) is 19.4 Å². The molecule has 0 aromatic rings. The van der Waals surface area contributed by atoms with Crippen molar-refractivity contribution in [3.05, 3.63) is 0 Å². The van der Waals surface area contributed by atoms with Gasteiger partial charge in [-0.25, -0.2) is 0 Å². The molecule has 0 spiro atoms. The molecule has 0 aromatic heterocycles. The third-order valence-corrected chi connectivity index (χ3v) is 2.33. The van der Waals surface area contributed by atoms with E-state index in [1.54, 1.807) is 12.0 Å². The van der Waals surface area contributed by atoms with Crippen LogP contribution in [0, 0.1) is 0 Å². The van der Waals surface area contributed by atoms with E-state index in [2.05, 4.69) is 0 Å². The van der Waals surface area contributed by atoms with Crippen molar-refractivity contribution in [1.82, 2.24) is 4.90 Å². The Morgan fingerprint density at radius 1 is 1.64 bits per heavy atom. The second-order valence-corrected chi connectivity index (χ2v) is 3.38. The van der Waals surface area contributed by atoms with Crippen LogP contribution < -0.4 is 5.73 Å². The molecule has 0 aliphatic carbocycles. The average molecular weight is 202 g/mol. The highest BCUT2D eigenvalue weighted by atomic mass is 16.7. The molecule has 5 nitrogen and oxygen atoms in total. The van der Waals surface area contributed by atoms with Gasteiger partial charge >= 0.3 is 0 Å². The molecule has 1 unspecified atom stereocenters. The highest BCUT2D eigenvalue weighted by Crippen LogP contribution is 2.12. The maximum absolute atomic E-state index is 11.3. The Hall–Kier alpha value is -0.650. The quantitative estimate of drug-likeness (QED) is 0.627. The number of carbonyl (C=O) groups is 1. The van der Waals surface area contributed by atoms with Crippen molar-refractivity contribution in [3.63, 3.8) is 0 Å². The summed E-state index contributed by atoms with van der Waals surface area (Å²) in [5.74, 6) is -0.00397. The molecular formula is C9H18N2O3. The average Bonchev–Trinajstić information content (AvgIpc) is 2.25. The maximum Gasteiger partial charge on any atom is 0.236 e. The fourth-order valence-corrected chi connectivity index (χ4v) is 1.59. The summed E-state index contributed by atoms with van der Waals surface area (Å²) in [5, 5.41) is 0. The van der Waals surface area contributed by atoms with E-state index in [0.29, 0.717) is 6.54 Å². The van der Waals surface area contributed by atoms with Gasteiger partial charge in [0.15, 0.2) is 0 Å². The molecule has 0 bridgehead atoms. The molecule has 2 N–H and O–H groups in total. The van der Waals surface area contributed by atoms with Crippen molar-refractivity contribution in [3.8, 4) is 0 Å². The van der Waals surface area contributed by atoms with E-state index in [9.17, 15) is 4.79 Å². The van der Waals surface area contributed by atoms with Crippen LogP contribution in [0.1, 0.15) is 12.8 Å². The van der Waals surface area contributed by atoms with E-state index >= 15 is 0 Å². The molecule has 0 radical (unpaired) electrons. The van der Waals surface area contributed by atoms with Crippen molar-refractivity contribution in [1.29, 1.82) is 0 Å². The summed E-state index contributed by atoms with van der Waals surface area (Å²) in [4.78, 5) is 13.1. The van der Waals surface area contributed by atoms with Crippen LogP contribution in [0.15, 0.2) is 0 Å². The SMILES string of the molecule is COCOC1CCCN(C(=O)CN)C1. The molecule has 0 saturated carbocycles. The van der Waals surface area contributed by atoms with Gasteiger partial charge in [-0.3, -0.25) is 4.79 Å². The van der Waals surface area contributed by atoms with Crippen molar-refractivity contribution in [2.75, 3.05) is 33.5 Å². The van der Waals surface area contributed by atoms with E-state index in [4.69, 9.17) is 15.2 Å². The van der Waals surface area contributed by atoms with Crippen molar-refractivity contribution < 1.29 is 14.3 Å². The van der Waals surface area contributed by atoms with Crippen LogP contribution in [0.3, 0.4) is 0 Å². The highest BCUT2D eigenvalue weighted by Gasteiger charge is 2.22. The molecule has 82 valence electrons. The number of amides is 1. The second-order valence-electron chi connectivity index (χ2n) is 3.38. The highest BCUT2D eigenvalue weighted by molar-refractivity contribution is 5.78. The molecule has 14 heavy (non-hydrogen) atoms. The number of piperidine rings is 1. The van der Waals surface area contributed by atoms with Crippen LogP contribution in [0.4, 0.5) is 0 Å². The van der Waals surface area contributed by atoms with Gasteiger partial charge in [-0.2, -0.15) is 0 Å². The van der Waals surface area contributed by atoms with Gasteiger partial charge in [0.25, 0.3) is 0 Å². The number of hydrogen-bond acceptors (Lipinski definition) is 4. The topological polar surface area (TPSA) is 64.8 Å². The predicted octanol–water partition coefficient (Wildman–Crippen LogP) is -0.443. The number of nitrogens with zero attached hydrogens (tertiary/aromatic N) is 1. The van der Waals surface area contributed by atoms with Gasteiger partial charge in [0.2, 0.25) is 5.91 Å². The smallest absolute Gasteiger partial charge is 0.236 e. The first-order chi connectivity index (χ1) is 6.77. The summed E-state index contributed by atoms with van der Waals surface area (Å²) >= 11 is 0. The van der Waals surface area contributed by atoms with Crippen molar-refractivity contribution >= 4 is 5.91 Å². The Labute approximate surface area is 84.1 Å². The standard InChI is InChI=1S/C9H18N2O3/c1-13-7-14-8-3-2-4-11(6-8)9(12)5-10/h8H,2-7,10H2,1H3. The summed E-state index contributed by atoms with van der Waals surface area (Å²) in [6, 6.07) is 0. The third-order valence-electron chi connectivity index (χ3n) is 2.33. The zero-order chi connectivity index (χ0) is 10.4. The minimum atomic E-state index is -0.00397. The second kappa shape index (κ2) is 5.95. The molecule has 1 atom stereocenters. The molecular weight excluding hydrogens is 184 g/mol. The molecule has 1 saturated heterocycles. The van der Waals surface area contributed by atoms with Crippen LogP contribution >= 0.6 is 0 Å². The van der Waals surface area contributed by atoms with E-state index in [1.807, 2.05) is 0 Å². The monoisotopic (exact) mass is 202 g/mol. The lowest BCUT2D eigenvalue weighted by molar-refractivity contribution is -0.138. The normalized spacial score (nSPS) is 22.4. The number of carbonyl (C=O) groups excluding carboxylic acids is 1. The van der Waals surface area contributed by atoms with Gasteiger partial charge in [0, 0.05) is 20.2 Å². The molecule has 1 aliphatic heterocycles. The minimum absolute atomic E-state index is 0.00397. The molecule has 1 fully saturated rings. The molecule has 1 rings (SSSR count). The number of rotatable bonds is 4. The van der Waals surface area contributed by atoms with Crippen LogP contribution in [-0.4, -0.2) is 50.4 Å². The Morgan fingerprint density at radius 3 is 3.07 bits per heavy atom. The fraction of sp³-hybridized carbons (Fsp3) is 0.889. The van der Waals surface area contributed by atoms with Crippen LogP contribution in [0.5, 0.6) is 0 Å². The van der Waals surface area contributed by atoms with Gasteiger partial charge in [0.1, 0.15) is 6.79 Å². The lowest BCUT2D eigenvalue weighted by atomic mass is 10.1. The van der Waals surface area contributed by atoms with Gasteiger partial charge in [-0.15, -0.1) is 0 Å². The van der Waals surface area contributed by atoms with Gasteiger partial charge in [0.05, 0.1) is 12.6 Å². The first-order valence-corrected chi connectivity index (χ1v) is 4.86. The van der Waals surface area contributed by atoms with Gasteiger partial charge in [-0.1, -0.05) is 0 Å². The predicted molar refractivity (Wildman–Crippen MR) is 51.6 cm³/mol. The van der Waals surface area contributed by atoms with Crippen LogP contribution in [0.25, 0.3) is 0 Å². The van der Waals surface area contributed by atoms with Gasteiger partial charge in [-0.05, 0) is 12.8 Å². The van der Waals surface area contributed by atoms with Gasteiger partial charge < -0.3 is 20.1 Å². The molecule has 1 amide bonds. The zero-order valence-electron chi connectivity index (χ0n) is 8.57. The van der Waals surface area contributed by atoms with Crippen LogP contribution in [0.2, 0.25) is 0 Å². The summed E-state index contributed by atoms with van der Waals surface area (Å²) in [6.45, 7) is 1.80. The molecule has 0 aromatic carbocycles. The molecule has 5 heteroatoms. The van der Waals surface area contributed by atoms with E-state index in [1.165, 1.54) is 0 Å². The number of hydrogen-bond donors (Lipinski definition) is 1. The summed E-state index contributed by atoms with van der Waals surface area (Å²) in [6.07, 6.45) is 2.05. The number of nitrogens with two attached hydrogens (primary N) is 1. The Kier molecular flexibility index (Phi) is 4.86. The number of methoxy groups -OCH3 is 1. The lowest BCUT2D eigenvalue weighted by Crippen LogP contribution is -2.45. The number of likely N-dealkylation sites (tertiary alicyclic amines) is 1. The molecule has 1 aliphatic rings. The van der Waals surface area contributed by atoms with Crippen LogP contribution in [-0.2, 0) is 14.3 Å². The number of ether oxygens (including phenoxy) is 2. The van der Waals surface area contributed by atoms with Crippen molar-refractivity contribution in [2.24, 2.45) is 5.73 Å². The fourth-order valence-electron chi connectivity index (χ4n) is 1.59. The van der Waals surface area contributed by atoms with E-state index < -0.39 is 0 Å². The summed E-state index contributed by atoms with van der Waals surface area (Å²) in [7, 11) is 1.59. The molecule has 1 heterocycles. The van der Waals surface area contributed by atoms with E-state index in [-0.39, 0.29) is 25.3 Å². The third kappa shape index (κ3) is 3.25. The first kappa shape index (κ1) is 11.4. The maximum atomic E-state index is 11.3. The minimum Gasteiger partial charge on any atom is -0.359 e. The summed E-state index contributed by atoms with van der Waals surface area (Å²) < 4.78 is 10.2. The largest absolute Gasteiger partial charge is 0.359 e. The lowest BCUT2D eigenvalue weighted by Gasteiger charge is -2.32. The zero-order valence-corrected chi connectivity index (χ0v) is 8.57. The first-order valence-electron chi connectivity index (χ1n) is 4.86. The summed E-state index contributed by atoms with van der Waals surface area (Å²) in [5.41, 5.74) is 5.29.